The maximum absolute atomic E-state index is 13.6. The molecule has 5 nitrogen and oxygen atoms in total. The number of benzene rings is 2. The van der Waals surface area contributed by atoms with Gasteiger partial charge in [-0.2, -0.15) is 10.1 Å². The van der Waals surface area contributed by atoms with Crippen molar-refractivity contribution >= 4 is 23.0 Å². The summed E-state index contributed by atoms with van der Waals surface area (Å²) in [7, 11) is 0. The summed E-state index contributed by atoms with van der Waals surface area (Å²) in [5.41, 5.74) is 3.92. The van der Waals surface area contributed by atoms with Gasteiger partial charge in [-0.25, -0.2) is 9.07 Å². The van der Waals surface area contributed by atoms with E-state index in [4.69, 9.17) is 4.74 Å². The highest BCUT2D eigenvalue weighted by Crippen LogP contribution is 2.51. The topological polar surface area (TPSA) is 52.0 Å². The van der Waals surface area contributed by atoms with E-state index in [2.05, 4.69) is 21.5 Å². The molecule has 6 rings (SSSR count). The van der Waals surface area contributed by atoms with Gasteiger partial charge in [0.2, 0.25) is 5.95 Å². The quantitative estimate of drug-likeness (QED) is 0.510. The average Bonchev–Trinajstić information content (AvgIpc) is 3.44. The molecule has 2 aromatic heterocycles. The highest BCUT2D eigenvalue weighted by Gasteiger charge is 2.41. The molecule has 0 amide bonds. The lowest BCUT2D eigenvalue weighted by Crippen LogP contribution is -2.32. The Morgan fingerprint density at radius 1 is 1.03 bits per heavy atom. The van der Waals surface area contributed by atoms with Crippen LogP contribution in [0.15, 0.2) is 77.9 Å². The standard InChI is InChI=1S/C22H15FN4OS/c23-14-9-7-13(8-10-14)20-18-19(26-22-24-12-25-27(20)22)15-4-1-2-5-16(15)28-21(18)17-6-3-11-29-17/h1-12,20-21H,(H,24,25,26)/t20-,21-/m1/s1. The molecule has 29 heavy (non-hydrogen) atoms. The zero-order chi connectivity index (χ0) is 19.4. The highest BCUT2D eigenvalue weighted by atomic mass is 32.1. The number of para-hydroxylation sites is 1. The van der Waals surface area contributed by atoms with Crippen molar-refractivity contribution < 1.29 is 9.13 Å². The third-order valence-corrected chi connectivity index (χ3v) is 6.22. The maximum atomic E-state index is 13.6. The summed E-state index contributed by atoms with van der Waals surface area (Å²) in [6, 6.07) is 18.4. The lowest BCUT2D eigenvalue weighted by atomic mass is 9.86. The van der Waals surface area contributed by atoms with Crippen LogP contribution in [0.2, 0.25) is 0 Å². The number of anilines is 1. The van der Waals surface area contributed by atoms with Crippen LogP contribution < -0.4 is 10.1 Å². The van der Waals surface area contributed by atoms with E-state index in [1.165, 1.54) is 18.5 Å². The molecule has 2 aliphatic rings. The summed E-state index contributed by atoms with van der Waals surface area (Å²) in [5, 5.41) is 9.97. The molecule has 2 atom stereocenters. The van der Waals surface area contributed by atoms with Crippen molar-refractivity contribution in [1.82, 2.24) is 14.8 Å². The van der Waals surface area contributed by atoms with Gasteiger partial charge in [0.05, 0.1) is 5.70 Å². The largest absolute Gasteiger partial charge is 0.480 e. The van der Waals surface area contributed by atoms with E-state index >= 15 is 0 Å². The first-order valence-electron chi connectivity index (χ1n) is 9.25. The SMILES string of the molecule is Fc1ccc([C@@H]2C3=C(Nc4ncnn42)c2ccccc2O[C@@H]3c2cccs2)cc1. The van der Waals surface area contributed by atoms with Gasteiger partial charge in [-0.05, 0) is 41.3 Å². The van der Waals surface area contributed by atoms with E-state index in [1.54, 1.807) is 23.5 Å². The van der Waals surface area contributed by atoms with Gasteiger partial charge in [-0.3, -0.25) is 0 Å². The Balaban J connectivity index is 1.64. The average molecular weight is 402 g/mol. The van der Waals surface area contributed by atoms with Gasteiger partial charge in [0.25, 0.3) is 0 Å². The predicted octanol–water partition coefficient (Wildman–Crippen LogP) is 5.04. The van der Waals surface area contributed by atoms with Crippen molar-refractivity contribution in [2.24, 2.45) is 0 Å². The molecule has 0 aliphatic carbocycles. The van der Waals surface area contributed by atoms with E-state index in [0.29, 0.717) is 5.95 Å². The van der Waals surface area contributed by atoms with Gasteiger partial charge in [-0.15, -0.1) is 11.3 Å². The van der Waals surface area contributed by atoms with Crippen molar-refractivity contribution in [1.29, 1.82) is 0 Å². The lowest BCUT2D eigenvalue weighted by Gasteiger charge is -2.38. The summed E-state index contributed by atoms with van der Waals surface area (Å²) < 4.78 is 22.0. The van der Waals surface area contributed by atoms with Gasteiger partial charge in [-0.1, -0.05) is 30.3 Å². The molecule has 1 N–H and O–H groups in total. The monoisotopic (exact) mass is 402 g/mol. The predicted molar refractivity (Wildman–Crippen MR) is 109 cm³/mol. The lowest BCUT2D eigenvalue weighted by molar-refractivity contribution is 0.226. The summed E-state index contributed by atoms with van der Waals surface area (Å²) in [5.74, 6) is 1.21. The van der Waals surface area contributed by atoms with E-state index in [1.807, 2.05) is 40.4 Å². The molecule has 2 aliphatic heterocycles. The number of ether oxygens (including phenoxy) is 1. The molecule has 4 heterocycles. The Kier molecular flexibility index (Phi) is 3.57. The Labute approximate surface area is 170 Å². The minimum absolute atomic E-state index is 0.259. The number of nitrogens with zero attached hydrogens (tertiary/aromatic N) is 3. The third-order valence-electron chi connectivity index (χ3n) is 5.31. The first kappa shape index (κ1) is 16.5. The fraction of sp³-hybridized carbons (Fsp3) is 0.0909. The molecule has 4 aromatic rings. The first-order chi connectivity index (χ1) is 14.3. The molecule has 0 radical (unpaired) electrons. The first-order valence-corrected chi connectivity index (χ1v) is 10.1. The van der Waals surface area contributed by atoms with Crippen LogP contribution in [-0.2, 0) is 0 Å². The van der Waals surface area contributed by atoms with Crippen LogP contribution >= 0.6 is 11.3 Å². The van der Waals surface area contributed by atoms with Crippen LogP contribution in [0.25, 0.3) is 5.70 Å². The second kappa shape index (κ2) is 6.28. The Bertz CT molecular complexity index is 1230. The summed E-state index contributed by atoms with van der Waals surface area (Å²) >= 11 is 1.65. The number of rotatable bonds is 2. The number of hydrogen-bond acceptors (Lipinski definition) is 5. The van der Waals surface area contributed by atoms with Crippen molar-refractivity contribution in [2.75, 3.05) is 5.32 Å². The van der Waals surface area contributed by atoms with Crippen LogP contribution in [0.4, 0.5) is 10.3 Å². The second-order valence-electron chi connectivity index (χ2n) is 6.95. The van der Waals surface area contributed by atoms with Gasteiger partial charge >= 0.3 is 0 Å². The minimum Gasteiger partial charge on any atom is -0.480 e. The fourth-order valence-electron chi connectivity index (χ4n) is 4.06. The fourth-order valence-corrected chi connectivity index (χ4v) is 4.83. The smallest absolute Gasteiger partial charge is 0.226 e. The minimum atomic E-state index is -0.278. The number of fused-ring (bicyclic) bond motifs is 3. The van der Waals surface area contributed by atoms with E-state index < -0.39 is 0 Å². The van der Waals surface area contributed by atoms with Gasteiger partial charge in [0.15, 0.2) is 6.10 Å². The normalized spacial score (nSPS) is 19.6. The molecule has 0 saturated carbocycles. The highest BCUT2D eigenvalue weighted by molar-refractivity contribution is 7.10. The molecular weight excluding hydrogens is 387 g/mol. The second-order valence-corrected chi connectivity index (χ2v) is 7.93. The molecule has 2 aromatic carbocycles. The zero-order valence-electron chi connectivity index (χ0n) is 15.1. The number of thiophene rings is 1. The van der Waals surface area contributed by atoms with Gasteiger partial charge in [0.1, 0.15) is 23.9 Å². The van der Waals surface area contributed by atoms with Crippen LogP contribution in [0.1, 0.15) is 28.1 Å². The molecule has 0 fully saturated rings. The van der Waals surface area contributed by atoms with Crippen LogP contribution in [0.5, 0.6) is 5.75 Å². The summed E-state index contributed by atoms with van der Waals surface area (Å²) in [4.78, 5) is 5.50. The molecule has 7 heteroatoms. The maximum Gasteiger partial charge on any atom is 0.226 e. The zero-order valence-corrected chi connectivity index (χ0v) is 15.9. The third kappa shape index (κ3) is 2.51. The van der Waals surface area contributed by atoms with Crippen molar-refractivity contribution in [2.45, 2.75) is 12.1 Å². The number of halogens is 1. The molecule has 0 spiro atoms. The van der Waals surface area contributed by atoms with E-state index in [0.717, 1.165) is 33.0 Å². The van der Waals surface area contributed by atoms with Crippen LogP contribution in [0.3, 0.4) is 0 Å². The Hall–Kier alpha value is -3.45. The Morgan fingerprint density at radius 3 is 2.72 bits per heavy atom. The van der Waals surface area contributed by atoms with Crippen molar-refractivity contribution in [3.8, 4) is 5.75 Å². The van der Waals surface area contributed by atoms with Crippen LogP contribution in [0, 0.1) is 5.82 Å². The van der Waals surface area contributed by atoms with Crippen molar-refractivity contribution in [3.63, 3.8) is 0 Å². The van der Waals surface area contributed by atoms with E-state index in [-0.39, 0.29) is 18.0 Å². The van der Waals surface area contributed by atoms with Crippen LogP contribution in [-0.4, -0.2) is 14.8 Å². The molecule has 142 valence electrons. The number of aromatic nitrogens is 3. The Morgan fingerprint density at radius 2 is 1.90 bits per heavy atom. The molecule has 0 unspecified atom stereocenters. The molecule has 0 bridgehead atoms. The van der Waals surface area contributed by atoms with Gasteiger partial charge < -0.3 is 10.1 Å². The van der Waals surface area contributed by atoms with Crippen molar-refractivity contribution in [3.05, 3.63) is 99.8 Å². The molecular formula is C22H15FN4OS. The van der Waals surface area contributed by atoms with E-state index in [9.17, 15) is 4.39 Å². The molecule has 0 saturated heterocycles. The van der Waals surface area contributed by atoms with Gasteiger partial charge in [0, 0.05) is 16.0 Å². The number of hydrogen-bond donors (Lipinski definition) is 1. The number of nitrogens with one attached hydrogen (secondary N) is 1. The summed E-state index contributed by atoms with van der Waals surface area (Å²) in [6.07, 6.45) is 1.25. The summed E-state index contributed by atoms with van der Waals surface area (Å²) in [6.45, 7) is 0.